The SMILES string of the molecule is COc1ccccc1O[C@@H]1CC[C@@H](NC[C@H]2COc3ccccc3O2)C[C@H]1O. The van der Waals surface area contributed by atoms with E-state index in [1.807, 2.05) is 48.5 Å². The van der Waals surface area contributed by atoms with Gasteiger partial charge in [0.2, 0.25) is 0 Å². The standard InChI is InChI=1S/C22H27NO5/c1-25-19-6-2-4-8-21(19)28-18-11-10-15(12-17(18)24)23-13-16-14-26-20-7-3-5-9-22(20)27-16/h2-9,15-18,23-24H,10-14H2,1H3/t15-,16+,17-,18-/m1/s1. The number of nitrogens with one attached hydrogen (secondary N) is 1. The zero-order valence-electron chi connectivity index (χ0n) is 16.0. The van der Waals surface area contributed by atoms with Crippen LogP contribution in [0.2, 0.25) is 0 Å². The Kier molecular flexibility index (Phi) is 5.88. The number of ether oxygens (including phenoxy) is 4. The van der Waals surface area contributed by atoms with Crippen LogP contribution in [0.25, 0.3) is 0 Å². The van der Waals surface area contributed by atoms with Gasteiger partial charge < -0.3 is 29.4 Å². The number of fused-ring (bicyclic) bond motifs is 1. The molecule has 2 aliphatic rings. The lowest BCUT2D eigenvalue weighted by Gasteiger charge is -2.35. The van der Waals surface area contributed by atoms with Gasteiger partial charge in [-0.15, -0.1) is 0 Å². The van der Waals surface area contributed by atoms with E-state index in [0.29, 0.717) is 31.1 Å². The lowest BCUT2D eigenvalue weighted by atomic mass is 9.90. The highest BCUT2D eigenvalue weighted by molar-refractivity contribution is 5.41. The molecule has 0 spiro atoms. The van der Waals surface area contributed by atoms with E-state index in [-0.39, 0.29) is 18.2 Å². The Morgan fingerprint density at radius 2 is 1.79 bits per heavy atom. The number of methoxy groups -OCH3 is 1. The first-order valence-electron chi connectivity index (χ1n) is 9.82. The Labute approximate surface area is 165 Å². The third-order valence-corrected chi connectivity index (χ3v) is 5.30. The molecule has 4 rings (SSSR count). The van der Waals surface area contributed by atoms with Crippen molar-refractivity contribution in [1.82, 2.24) is 5.32 Å². The Morgan fingerprint density at radius 3 is 2.57 bits per heavy atom. The third kappa shape index (κ3) is 4.34. The minimum Gasteiger partial charge on any atom is -0.493 e. The first kappa shape index (κ1) is 18.9. The Balaban J connectivity index is 1.26. The zero-order valence-corrected chi connectivity index (χ0v) is 16.0. The van der Waals surface area contributed by atoms with Crippen molar-refractivity contribution in [1.29, 1.82) is 0 Å². The van der Waals surface area contributed by atoms with Crippen LogP contribution in [0, 0.1) is 0 Å². The highest BCUT2D eigenvalue weighted by atomic mass is 16.6. The van der Waals surface area contributed by atoms with Crippen molar-refractivity contribution < 1.29 is 24.1 Å². The predicted octanol–water partition coefficient (Wildman–Crippen LogP) is 2.79. The summed E-state index contributed by atoms with van der Waals surface area (Å²) < 4.78 is 23.1. The van der Waals surface area contributed by atoms with Crippen molar-refractivity contribution in [2.24, 2.45) is 0 Å². The summed E-state index contributed by atoms with van der Waals surface area (Å²) in [5.41, 5.74) is 0. The summed E-state index contributed by atoms with van der Waals surface area (Å²) in [5, 5.41) is 14.1. The van der Waals surface area contributed by atoms with E-state index in [2.05, 4.69) is 5.32 Å². The Bertz CT molecular complexity index is 783. The van der Waals surface area contributed by atoms with Gasteiger partial charge in [0.1, 0.15) is 18.8 Å². The normalized spacial score (nSPS) is 26.5. The maximum absolute atomic E-state index is 10.6. The number of aliphatic hydroxyl groups is 1. The Hall–Kier alpha value is -2.44. The van der Waals surface area contributed by atoms with Crippen LogP contribution in [-0.4, -0.2) is 49.7 Å². The molecule has 0 unspecified atom stereocenters. The van der Waals surface area contributed by atoms with Gasteiger partial charge in [0.15, 0.2) is 23.0 Å². The summed E-state index contributed by atoms with van der Waals surface area (Å²) in [6, 6.07) is 15.5. The maximum atomic E-state index is 10.6. The fourth-order valence-electron chi connectivity index (χ4n) is 3.78. The van der Waals surface area contributed by atoms with Crippen molar-refractivity contribution in [2.45, 2.75) is 43.6 Å². The molecule has 0 aromatic heterocycles. The van der Waals surface area contributed by atoms with Crippen LogP contribution in [0.3, 0.4) is 0 Å². The molecule has 2 aromatic rings. The second-order valence-corrected chi connectivity index (χ2v) is 7.29. The predicted molar refractivity (Wildman–Crippen MR) is 105 cm³/mol. The summed E-state index contributed by atoms with van der Waals surface area (Å²) in [5.74, 6) is 2.94. The van der Waals surface area contributed by atoms with Crippen LogP contribution in [0.1, 0.15) is 19.3 Å². The van der Waals surface area contributed by atoms with E-state index in [1.54, 1.807) is 7.11 Å². The molecule has 1 aliphatic heterocycles. The minimum atomic E-state index is -0.527. The molecule has 1 saturated carbocycles. The van der Waals surface area contributed by atoms with Gasteiger partial charge >= 0.3 is 0 Å². The molecule has 1 aliphatic carbocycles. The van der Waals surface area contributed by atoms with E-state index >= 15 is 0 Å². The van der Waals surface area contributed by atoms with Gasteiger partial charge in [-0.3, -0.25) is 0 Å². The largest absolute Gasteiger partial charge is 0.493 e. The molecule has 6 nitrogen and oxygen atoms in total. The second kappa shape index (κ2) is 8.71. The minimum absolute atomic E-state index is 0.0328. The van der Waals surface area contributed by atoms with E-state index in [1.165, 1.54) is 0 Å². The quantitative estimate of drug-likeness (QED) is 0.797. The molecule has 4 atom stereocenters. The van der Waals surface area contributed by atoms with Crippen LogP contribution in [0.4, 0.5) is 0 Å². The fraction of sp³-hybridized carbons (Fsp3) is 0.455. The number of aliphatic hydroxyl groups excluding tert-OH is 1. The van der Waals surface area contributed by atoms with E-state index < -0.39 is 6.10 Å². The van der Waals surface area contributed by atoms with Gasteiger partial charge in [-0.25, -0.2) is 0 Å². The average Bonchev–Trinajstić information content (AvgIpc) is 2.74. The molecule has 1 fully saturated rings. The topological polar surface area (TPSA) is 69.2 Å². The number of para-hydroxylation sites is 4. The van der Waals surface area contributed by atoms with Gasteiger partial charge in [0, 0.05) is 12.6 Å². The number of rotatable bonds is 6. The van der Waals surface area contributed by atoms with Crippen molar-refractivity contribution in [3.8, 4) is 23.0 Å². The molecule has 150 valence electrons. The summed E-state index contributed by atoms with van der Waals surface area (Å²) in [7, 11) is 1.62. The summed E-state index contributed by atoms with van der Waals surface area (Å²) >= 11 is 0. The van der Waals surface area contributed by atoms with Crippen LogP contribution < -0.4 is 24.3 Å². The van der Waals surface area contributed by atoms with E-state index in [0.717, 1.165) is 24.3 Å². The Morgan fingerprint density at radius 1 is 1.04 bits per heavy atom. The van der Waals surface area contributed by atoms with Crippen LogP contribution >= 0.6 is 0 Å². The smallest absolute Gasteiger partial charge is 0.161 e. The summed E-state index contributed by atoms with van der Waals surface area (Å²) in [6.45, 7) is 1.21. The van der Waals surface area contributed by atoms with Crippen molar-refractivity contribution in [3.05, 3.63) is 48.5 Å². The summed E-state index contributed by atoms with van der Waals surface area (Å²) in [6.07, 6.45) is 1.57. The van der Waals surface area contributed by atoms with E-state index in [9.17, 15) is 5.11 Å². The highest BCUT2D eigenvalue weighted by Gasteiger charge is 2.32. The monoisotopic (exact) mass is 385 g/mol. The molecule has 0 bridgehead atoms. The first-order chi connectivity index (χ1) is 13.7. The molecule has 1 heterocycles. The maximum Gasteiger partial charge on any atom is 0.161 e. The number of benzene rings is 2. The van der Waals surface area contributed by atoms with Crippen molar-refractivity contribution in [3.63, 3.8) is 0 Å². The molecular formula is C22H27NO5. The molecule has 0 radical (unpaired) electrons. The van der Waals surface area contributed by atoms with Gasteiger partial charge in [-0.1, -0.05) is 24.3 Å². The second-order valence-electron chi connectivity index (χ2n) is 7.29. The third-order valence-electron chi connectivity index (χ3n) is 5.30. The van der Waals surface area contributed by atoms with Crippen LogP contribution in [0.15, 0.2) is 48.5 Å². The summed E-state index contributed by atoms with van der Waals surface area (Å²) in [4.78, 5) is 0. The number of hydrogen-bond donors (Lipinski definition) is 2. The van der Waals surface area contributed by atoms with Gasteiger partial charge in [-0.05, 0) is 43.5 Å². The van der Waals surface area contributed by atoms with Crippen molar-refractivity contribution in [2.75, 3.05) is 20.3 Å². The molecule has 0 saturated heterocycles. The van der Waals surface area contributed by atoms with Gasteiger partial charge in [-0.2, -0.15) is 0 Å². The van der Waals surface area contributed by atoms with Crippen LogP contribution in [0.5, 0.6) is 23.0 Å². The first-order valence-corrected chi connectivity index (χ1v) is 9.82. The zero-order chi connectivity index (χ0) is 19.3. The van der Waals surface area contributed by atoms with Crippen molar-refractivity contribution >= 4 is 0 Å². The molecule has 28 heavy (non-hydrogen) atoms. The lowest BCUT2D eigenvalue weighted by Crippen LogP contribution is -2.48. The van der Waals surface area contributed by atoms with Gasteiger partial charge in [0.05, 0.1) is 13.2 Å². The molecule has 2 aromatic carbocycles. The average molecular weight is 385 g/mol. The molecule has 6 heteroatoms. The fourth-order valence-corrected chi connectivity index (χ4v) is 3.78. The van der Waals surface area contributed by atoms with Crippen LogP contribution in [-0.2, 0) is 0 Å². The lowest BCUT2D eigenvalue weighted by molar-refractivity contribution is -0.00644. The van der Waals surface area contributed by atoms with Gasteiger partial charge in [0.25, 0.3) is 0 Å². The molecule has 2 N–H and O–H groups in total. The highest BCUT2D eigenvalue weighted by Crippen LogP contribution is 2.32. The number of hydrogen-bond acceptors (Lipinski definition) is 6. The molecular weight excluding hydrogens is 358 g/mol. The van der Waals surface area contributed by atoms with E-state index in [4.69, 9.17) is 18.9 Å². The molecule has 0 amide bonds.